The van der Waals surface area contributed by atoms with E-state index in [1.165, 1.54) is 12.1 Å². The van der Waals surface area contributed by atoms with Crippen LogP contribution in [0.3, 0.4) is 0 Å². The van der Waals surface area contributed by atoms with Crippen molar-refractivity contribution in [3.63, 3.8) is 0 Å². The summed E-state index contributed by atoms with van der Waals surface area (Å²) in [7, 11) is 0. The molecular weight excluding hydrogens is 334 g/mol. The Morgan fingerprint density at radius 1 is 1.42 bits per heavy atom. The maximum absolute atomic E-state index is 10.7. The summed E-state index contributed by atoms with van der Waals surface area (Å²) in [6.07, 6.45) is 1.63. The molecule has 2 rings (SSSR count). The summed E-state index contributed by atoms with van der Waals surface area (Å²) in [5.74, 6) is 0.538. The van der Waals surface area contributed by atoms with Crippen molar-refractivity contribution in [2.24, 2.45) is 0 Å². The van der Waals surface area contributed by atoms with E-state index in [0.29, 0.717) is 17.4 Å². The minimum atomic E-state index is -0.422. The normalized spacial score (nSPS) is 10.2. The first-order valence-electron chi connectivity index (χ1n) is 5.34. The average Bonchev–Trinajstić information content (AvgIpc) is 2.38. The minimum absolute atomic E-state index is 0.0640. The number of hydrogen-bond donors (Lipinski definition) is 1. The number of halogens is 2. The molecule has 98 valence electrons. The van der Waals surface area contributed by atoms with Crippen molar-refractivity contribution < 1.29 is 4.92 Å². The maximum atomic E-state index is 10.7. The lowest BCUT2D eigenvalue weighted by Crippen LogP contribution is -2.02. The fraction of sp³-hybridized carbons (Fsp3) is 0.0833. The highest BCUT2D eigenvalue weighted by Gasteiger charge is 2.06. The minimum Gasteiger partial charge on any atom is -0.365 e. The van der Waals surface area contributed by atoms with Crippen LogP contribution in [-0.4, -0.2) is 9.91 Å². The molecule has 0 fully saturated rings. The monoisotopic (exact) mass is 341 g/mol. The highest BCUT2D eigenvalue weighted by molar-refractivity contribution is 9.10. The number of nitrogens with zero attached hydrogens (tertiary/aromatic N) is 2. The van der Waals surface area contributed by atoms with Crippen molar-refractivity contribution in [1.82, 2.24) is 4.98 Å². The molecule has 19 heavy (non-hydrogen) atoms. The van der Waals surface area contributed by atoms with Crippen molar-refractivity contribution in [2.75, 3.05) is 5.32 Å². The van der Waals surface area contributed by atoms with Gasteiger partial charge in [-0.1, -0.05) is 23.7 Å². The van der Waals surface area contributed by atoms with Crippen LogP contribution in [0.5, 0.6) is 0 Å². The zero-order valence-electron chi connectivity index (χ0n) is 9.64. The second-order valence-corrected chi connectivity index (χ2v) is 5.09. The lowest BCUT2D eigenvalue weighted by molar-refractivity contribution is -0.384. The molecule has 5 nitrogen and oxygen atoms in total. The molecule has 1 N–H and O–H groups in total. The van der Waals surface area contributed by atoms with Gasteiger partial charge in [0.2, 0.25) is 0 Å². The van der Waals surface area contributed by atoms with Crippen LogP contribution in [0.2, 0.25) is 5.02 Å². The number of nitrogens with one attached hydrogen (secondary N) is 1. The van der Waals surface area contributed by atoms with Gasteiger partial charge in [0.15, 0.2) is 0 Å². The standard InChI is InChI=1S/C12H9BrClN3O2/c13-9-5-11(14)12(16-7-9)15-6-8-2-1-3-10(4-8)17(18)19/h1-5,7H,6H2,(H,15,16). The van der Waals surface area contributed by atoms with Gasteiger partial charge in [0.05, 0.1) is 9.95 Å². The van der Waals surface area contributed by atoms with Gasteiger partial charge in [-0.05, 0) is 27.6 Å². The van der Waals surface area contributed by atoms with Gasteiger partial charge >= 0.3 is 0 Å². The summed E-state index contributed by atoms with van der Waals surface area (Å²) < 4.78 is 0.790. The molecule has 0 bridgehead atoms. The second-order valence-electron chi connectivity index (χ2n) is 3.76. The maximum Gasteiger partial charge on any atom is 0.269 e. The highest BCUT2D eigenvalue weighted by atomic mass is 79.9. The van der Waals surface area contributed by atoms with Crippen molar-refractivity contribution in [1.29, 1.82) is 0 Å². The Bertz CT molecular complexity index is 622. The molecule has 0 saturated heterocycles. The lowest BCUT2D eigenvalue weighted by atomic mass is 10.2. The summed E-state index contributed by atoms with van der Waals surface area (Å²) in [5, 5.41) is 14.2. The molecule has 1 aromatic heterocycles. The van der Waals surface area contributed by atoms with E-state index in [1.54, 1.807) is 24.4 Å². The molecule has 0 radical (unpaired) electrons. The number of aromatic nitrogens is 1. The van der Waals surface area contributed by atoms with E-state index in [-0.39, 0.29) is 5.69 Å². The summed E-state index contributed by atoms with van der Waals surface area (Å²) in [6.45, 7) is 0.413. The number of non-ortho nitro benzene ring substituents is 1. The Labute approximate surface area is 122 Å². The molecule has 0 aliphatic carbocycles. The molecule has 0 saturated carbocycles. The SMILES string of the molecule is O=[N+]([O-])c1cccc(CNc2ncc(Br)cc2Cl)c1. The highest BCUT2D eigenvalue weighted by Crippen LogP contribution is 2.23. The van der Waals surface area contributed by atoms with Crippen LogP contribution in [0, 0.1) is 10.1 Å². The van der Waals surface area contributed by atoms with Crippen molar-refractivity contribution in [3.8, 4) is 0 Å². The number of nitro groups is 1. The Kier molecular flexibility index (Phi) is 4.34. The first-order valence-corrected chi connectivity index (χ1v) is 6.51. The summed E-state index contributed by atoms with van der Waals surface area (Å²) >= 11 is 9.28. The predicted molar refractivity (Wildman–Crippen MR) is 77.4 cm³/mol. The number of nitro benzene ring substituents is 1. The van der Waals surface area contributed by atoms with Crippen molar-refractivity contribution >= 4 is 39.0 Å². The van der Waals surface area contributed by atoms with Crippen LogP contribution >= 0.6 is 27.5 Å². The molecule has 0 atom stereocenters. The van der Waals surface area contributed by atoms with Crippen molar-refractivity contribution in [2.45, 2.75) is 6.54 Å². The van der Waals surface area contributed by atoms with Gasteiger partial charge in [0.1, 0.15) is 5.82 Å². The number of hydrogen-bond acceptors (Lipinski definition) is 4. The van der Waals surface area contributed by atoms with Crippen LogP contribution in [0.25, 0.3) is 0 Å². The zero-order chi connectivity index (χ0) is 13.8. The summed E-state index contributed by atoms with van der Waals surface area (Å²) in [4.78, 5) is 14.4. The molecule has 1 aromatic carbocycles. The van der Waals surface area contributed by atoms with Crippen LogP contribution in [0.1, 0.15) is 5.56 Å². The average molecular weight is 343 g/mol. The summed E-state index contributed by atoms with van der Waals surface area (Å²) in [5.41, 5.74) is 0.851. The van der Waals surface area contributed by atoms with E-state index in [1.807, 2.05) is 0 Å². The largest absolute Gasteiger partial charge is 0.365 e. The van der Waals surface area contributed by atoms with Crippen LogP contribution in [0.15, 0.2) is 41.0 Å². The number of rotatable bonds is 4. The van der Waals surface area contributed by atoms with Gasteiger partial charge in [-0.15, -0.1) is 0 Å². The van der Waals surface area contributed by atoms with Gasteiger partial charge in [-0.2, -0.15) is 0 Å². The predicted octanol–water partition coefficient (Wildman–Crippen LogP) is 4.02. The van der Waals surface area contributed by atoms with Crippen LogP contribution in [0.4, 0.5) is 11.5 Å². The van der Waals surface area contributed by atoms with E-state index in [9.17, 15) is 10.1 Å². The van der Waals surface area contributed by atoms with E-state index < -0.39 is 4.92 Å². The lowest BCUT2D eigenvalue weighted by Gasteiger charge is -2.07. The van der Waals surface area contributed by atoms with E-state index in [2.05, 4.69) is 26.2 Å². The third kappa shape index (κ3) is 3.65. The molecular formula is C12H9BrClN3O2. The quantitative estimate of drug-likeness (QED) is 0.673. The van der Waals surface area contributed by atoms with E-state index >= 15 is 0 Å². The van der Waals surface area contributed by atoms with Gasteiger partial charge in [0.25, 0.3) is 5.69 Å². The molecule has 0 spiro atoms. The third-order valence-corrected chi connectivity index (χ3v) is 3.11. The molecule has 1 heterocycles. The Hall–Kier alpha value is -1.66. The van der Waals surface area contributed by atoms with Gasteiger partial charge < -0.3 is 5.32 Å². The third-order valence-electron chi connectivity index (χ3n) is 2.39. The summed E-state index contributed by atoms with van der Waals surface area (Å²) in [6, 6.07) is 8.14. The molecule has 0 aliphatic heterocycles. The smallest absolute Gasteiger partial charge is 0.269 e. The van der Waals surface area contributed by atoms with Gasteiger partial charge in [-0.3, -0.25) is 10.1 Å². The first-order chi connectivity index (χ1) is 9.06. The zero-order valence-corrected chi connectivity index (χ0v) is 12.0. The van der Waals surface area contributed by atoms with Crippen LogP contribution < -0.4 is 5.32 Å². The number of benzene rings is 1. The molecule has 0 amide bonds. The molecule has 7 heteroatoms. The van der Waals surface area contributed by atoms with Crippen LogP contribution in [-0.2, 0) is 6.54 Å². The number of pyridine rings is 1. The first kappa shape index (κ1) is 13.8. The fourth-order valence-electron chi connectivity index (χ4n) is 1.51. The van der Waals surface area contributed by atoms with Gasteiger partial charge in [-0.25, -0.2) is 4.98 Å². The topological polar surface area (TPSA) is 68.1 Å². The fourth-order valence-corrected chi connectivity index (χ4v) is 2.21. The molecule has 0 unspecified atom stereocenters. The van der Waals surface area contributed by atoms with Crippen molar-refractivity contribution in [3.05, 3.63) is 61.7 Å². The molecule has 2 aromatic rings. The Morgan fingerprint density at radius 2 is 2.21 bits per heavy atom. The number of anilines is 1. The molecule has 0 aliphatic rings. The van der Waals surface area contributed by atoms with Gasteiger partial charge in [0, 0.05) is 29.3 Å². The Balaban J connectivity index is 2.10. The Morgan fingerprint density at radius 3 is 2.89 bits per heavy atom. The van der Waals surface area contributed by atoms with E-state index in [0.717, 1.165) is 10.0 Å². The second kappa shape index (κ2) is 5.99. The van der Waals surface area contributed by atoms with E-state index in [4.69, 9.17) is 11.6 Å².